The van der Waals surface area contributed by atoms with Crippen LogP contribution in [0.3, 0.4) is 0 Å². The van der Waals surface area contributed by atoms with Crippen LogP contribution in [0.25, 0.3) is 10.9 Å². The van der Waals surface area contributed by atoms with Crippen molar-refractivity contribution < 1.29 is 13.9 Å². The highest BCUT2D eigenvalue weighted by molar-refractivity contribution is 5.83. The van der Waals surface area contributed by atoms with Gasteiger partial charge in [-0.15, -0.1) is 0 Å². The number of rotatable bonds is 2. The first-order chi connectivity index (χ1) is 9.24. The van der Waals surface area contributed by atoms with Crippen LogP contribution in [0.1, 0.15) is 12.8 Å². The molecule has 0 saturated carbocycles. The summed E-state index contributed by atoms with van der Waals surface area (Å²) in [5.74, 6) is 0.443. The van der Waals surface area contributed by atoms with E-state index >= 15 is 0 Å². The van der Waals surface area contributed by atoms with Gasteiger partial charge >= 0.3 is 0 Å². The number of hydrogen-bond acceptors (Lipinski definition) is 4. The first kappa shape index (κ1) is 12.1. The molecule has 3 rings (SSSR count). The summed E-state index contributed by atoms with van der Waals surface area (Å²) in [6.07, 6.45) is 0.691. The highest BCUT2D eigenvalue weighted by Gasteiger charge is 2.17. The Hall–Kier alpha value is -1.95. The maximum absolute atomic E-state index is 13.1. The van der Waals surface area contributed by atoms with Crippen LogP contribution >= 0.6 is 0 Å². The Kier molecular flexibility index (Phi) is 3.16. The van der Waals surface area contributed by atoms with Gasteiger partial charge in [-0.3, -0.25) is 9.78 Å². The number of halogens is 1. The Labute approximate surface area is 108 Å². The summed E-state index contributed by atoms with van der Waals surface area (Å²) in [4.78, 5) is 17.5. The quantitative estimate of drug-likeness (QED) is 0.837. The molecule has 0 atom stereocenters. The van der Waals surface area contributed by atoms with Gasteiger partial charge in [0.25, 0.3) is 11.6 Å². The molecule has 0 bridgehead atoms. The zero-order chi connectivity index (χ0) is 13.2. The number of fused-ring (bicyclic) bond motifs is 1. The maximum atomic E-state index is 13.1. The first-order valence-corrected chi connectivity index (χ1v) is 6.17. The number of benzene rings is 1. The lowest BCUT2D eigenvalue weighted by molar-refractivity contribution is 0.0261. The van der Waals surface area contributed by atoms with E-state index in [1.165, 1.54) is 0 Å². The Morgan fingerprint density at radius 3 is 2.95 bits per heavy atom. The standard InChI is InChI=1S/C13H13FN2O3/c14-13-15-9-2-1-3-10(11(9)12(17)16-13)19-8-4-6-18-7-5-8/h1-3,8H,4-7H2,(H,15,16,17). The largest absolute Gasteiger partial charge is 0.489 e. The minimum Gasteiger partial charge on any atom is -0.489 e. The number of nitrogens with one attached hydrogen (secondary N) is 1. The van der Waals surface area contributed by atoms with E-state index in [1.54, 1.807) is 18.2 Å². The van der Waals surface area contributed by atoms with E-state index < -0.39 is 11.6 Å². The highest BCUT2D eigenvalue weighted by atomic mass is 19.1. The molecule has 0 aliphatic carbocycles. The SMILES string of the molecule is O=c1[nH]c(F)nc2cccc(OC3CCOCC3)c12. The van der Waals surface area contributed by atoms with Crippen LogP contribution in [0, 0.1) is 6.08 Å². The second kappa shape index (κ2) is 4.97. The van der Waals surface area contributed by atoms with Crippen LogP contribution in [-0.2, 0) is 4.74 Å². The molecular weight excluding hydrogens is 251 g/mol. The third kappa shape index (κ3) is 2.44. The normalized spacial score (nSPS) is 16.7. The molecule has 19 heavy (non-hydrogen) atoms. The van der Waals surface area contributed by atoms with Crippen LogP contribution in [0.15, 0.2) is 23.0 Å². The molecule has 6 heteroatoms. The monoisotopic (exact) mass is 264 g/mol. The van der Waals surface area contributed by atoms with Crippen molar-refractivity contribution >= 4 is 10.9 Å². The molecule has 0 spiro atoms. The van der Waals surface area contributed by atoms with Gasteiger partial charge in [-0.1, -0.05) is 6.07 Å². The van der Waals surface area contributed by atoms with E-state index in [4.69, 9.17) is 9.47 Å². The fourth-order valence-corrected chi connectivity index (χ4v) is 2.20. The Morgan fingerprint density at radius 2 is 2.16 bits per heavy atom. The third-order valence-electron chi connectivity index (χ3n) is 3.13. The molecule has 5 nitrogen and oxygen atoms in total. The summed E-state index contributed by atoms with van der Waals surface area (Å²) in [6.45, 7) is 1.30. The van der Waals surface area contributed by atoms with Crippen molar-refractivity contribution in [3.05, 3.63) is 34.6 Å². The number of hydrogen-bond donors (Lipinski definition) is 1. The van der Waals surface area contributed by atoms with Gasteiger partial charge in [0.2, 0.25) is 0 Å². The number of nitrogens with zero attached hydrogens (tertiary/aromatic N) is 1. The van der Waals surface area contributed by atoms with Crippen molar-refractivity contribution in [3.63, 3.8) is 0 Å². The van der Waals surface area contributed by atoms with Gasteiger partial charge < -0.3 is 9.47 Å². The van der Waals surface area contributed by atoms with Gasteiger partial charge in [-0.2, -0.15) is 4.39 Å². The van der Waals surface area contributed by atoms with Crippen LogP contribution in [-0.4, -0.2) is 29.3 Å². The van der Waals surface area contributed by atoms with Crippen molar-refractivity contribution in [2.75, 3.05) is 13.2 Å². The Balaban J connectivity index is 2.01. The van der Waals surface area contributed by atoms with Crippen LogP contribution in [0.5, 0.6) is 5.75 Å². The van der Waals surface area contributed by atoms with Gasteiger partial charge in [0, 0.05) is 12.8 Å². The highest BCUT2D eigenvalue weighted by Crippen LogP contribution is 2.24. The lowest BCUT2D eigenvalue weighted by atomic mass is 10.1. The number of aromatic nitrogens is 2. The molecule has 100 valence electrons. The molecule has 1 aliphatic heterocycles. The Bertz CT molecular complexity index is 650. The molecular formula is C13H13FN2O3. The second-order valence-corrected chi connectivity index (χ2v) is 4.44. The molecule has 2 aromatic rings. The molecule has 0 amide bonds. The van der Waals surface area contributed by atoms with Crippen molar-refractivity contribution in [1.29, 1.82) is 0 Å². The van der Waals surface area contributed by atoms with E-state index in [2.05, 4.69) is 9.97 Å². The predicted molar refractivity (Wildman–Crippen MR) is 66.8 cm³/mol. The van der Waals surface area contributed by atoms with Crippen molar-refractivity contribution in [2.45, 2.75) is 18.9 Å². The van der Waals surface area contributed by atoms with Crippen LogP contribution in [0.2, 0.25) is 0 Å². The fraction of sp³-hybridized carbons (Fsp3) is 0.385. The average Bonchev–Trinajstić information content (AvgIpc) is 2.39. The summed E-state index contributed by atoms with van der Waals surface area (Å²) >= 11 is 0. The molecule has 1 aliphatic rings. The zero-order valence-electron chi connectivity index (χ0n) is 10.2. The molecule has 1 aromatic heterocycles. The zero-order valence-corrected chi connectivity index (χ0v) is 10.2. The average molecular weight is 264 g/mol. The van der Waals surface area contributed by atoms with E-state index in [9.17, 15) is 9.18 Å². The van der Waals surface area contributed by atoms with Crippen LogP contribution < -0.4 is 10.3 Å². The molecule has 0 radical (unpaired) electrons. The second-order valence-electron chi connectivity index (χ2n) is 4.44. The summed E-state index contributed by atoms with van der Waals surface area (Å²) in [5, 5.41) is 0.287. The third-order valence-corrected chi connectivity index (χ3v) is 3.13. The van der Waals surface area contributed by atoms with E-state index in [0.717, 1.165) is 12.8 Å². The summed E-state index contributed by atoms with van der Waals surface area (Å²) < 4.78 is 24.1. The minimum atomic E-state index is -0.888. The lowest BCUT2D eigenvalue weighted by Gasteiger charge is -2.23. The van der Waals surface area contributed by atoms with E-state index in [-0.39, 0.29) is 11.5 Å². The smallest absolute Gasteiger partial charge is 0.289 e. The lowest BCUT2D eigenvalue weighted by Crippen LogP contribution is -2.26. The van der Waals surface area contributed by atoms with E-state index in [0.29, 0.717) is 24.5 Å². The van der Waals surface area contributed by atoms with Gasteiger partial charge in [0.05, 0.1) is 18.7 Å². The summed E-state index contributed by atoms with van der Waals surface area (Å²) in [5.41, 5.74) is -0.226. The van der Waals surface area contributed by atoms with E-state index in [1.807, 2.05) is 0 Å². The van der Waals surface area contributed by atoms with Crippen molar-refractivity contribution in [1.82, 2.24) is 9.97 Å². The maximum Gasteiger partial charge on any atom is 0.289 e. The van der Waals surface area contributed by atoms with Crippen LogP contribution in [0.4, 0.5) is 4.39 Å². The van der Waals surface area contributed by atoms with Crippen molar-refractivity contribution in [2.24, 2.45) is 0 Å². The number of H-pyrrole nitrogens is 1. The molecule has 1 aromatic carbocycles. The number of ether oxygens (including phenoxy) is 2. The molecule has 1 N–H and O–H groups in total. The molecule has 1 fully saturated rings. The molecule has 2 heterocycles. The summed E-state index contributed by atoms with van der Waals surface area (Å²) in [7, 11) is 0. The number of aromatic amines is 1. The summed E-state index contributed by atoms with van der Waals surface area (Å²) in [6, 6.07) is 4.99. The van der Waals surface area contributed by atoms with Gasteiger partial charge in [0.1, 0.15) is 17.2 Å². The topological polar surface area (TPSA) is 64.2 Å². The fourth-order valence-electron chi connectivity index (χ4n) is 2.20. The van der Waals surface area contributed by atoms with Gasteiger partial charge in [-0.05, 0) is 12.1 Å². The minimum absolute atomic E-state index is 0.0174. The predicted octanol–water partition coefficient (Wildman–Crippen LogP) is 1.62. The van der Waals surface area contributed by atoms with Crippen molar-refractivity contribution in [3.8, 4) is 5.75 Å². The Morgan fingerprint density at radius 1 is 1.37 bits per heavy atom. The van der Waals surface area contributed by atoms with Gasteiger partial charge in [-0.25, -0.2) is 4.98 Å². The van der Waals surface area contributed by atoms with Gasteiger partial charge in [0.15, 0.2) is 0 Å². The molecule has 1 saturated heterocycles. The first-order valence-electron chi connectivity index (χ1n) is 6.17. The molecule has 0 unspecified atom stereocenters.